The summed E-state index contributed by atoms with van der Waals surface area (Å²) in [6.45, 7) is 3.39. The average Bonchev–Trinajstić information content (AvgIpc) is 2.90. The van der Waals surface area contributed by atoms with Gasteiger partial charge < -0.3 is 21.4 Å². The maximum Gasteiger partial charge on any atom is 0.196 e. The number of hydrogen-bond acceptors (Lipinski definition) is 6. The number of guanidine groups is 1. The first kappa shape index (κ1) is 20.6. The number of aliphatic imine (C=N–C) groups is 1. The van der Waals surface area contributed by atoms with E-state index in [2.05, 4.69) is 38.6 Å². The van der Waals surface area contributed by atoms with Crippen molar-refractivity contribution in [3.8, 4) is 0 Å². The van der Waals surface area contributed by atoms with Crippen LogP contribution in [0.3, 0.4) is 0 Å². The number of aromatic amines is 1. The Hall–Kier alpha value is -3.26. The molecule has 5 N–H and O–H groups in total. The third-order valence-corrected chi connectivity index (χ3v) is 6.53. The van der Waals surface area contributed by atoms with Gasteiger partial charge in [-0.3, -0.25) is 4.98 Å². The van der Waals surface area contributed by atoms with Crippen molar-refractivity contribution >= 4 is 58.3 Å². The predicted molar refractivity (Wildman–Crippen MR) is 130 cm³/mol. The summed E-state index contributed by atoms with van der Waals surface area (Å²) >= 11 is 8.13. The maximum absolute atomic E-state index is 6.67. The Morgan fingerprint density at radius 1 is 1.38 bits per heavy atom. The van der Waals surface area contributed by atoms with Gasteiger partial charge in [-0.25, -0.2) is 15.0 Å². The zero-order chi connectivity index (χ0) is 22.2. The number of fused-ring (bicyclic) bond motifs is 2. The van der Waals surface area contributed by atoms with Gasteiger partial charge in [0.05, 0.1) is 22.1 Å². The molecule has 0 saturated carbocycles. The molecular weight excluding hydrogens is 444 g/mol. The summed E-state index contributed by atoms with van der Waals surface area (Å²) < 4.78 is 0. The Morgan fingerprint density at radius 3 is 3.00 bits per heavy atom. The number of anilines is 1. The van der Waals surface area contributed by atoms with Crippen LogP contribution < -0.4 is 16.4 Å². The van der Waals surface area contributed by atoms with Crippen molar-refractivity contribution in [1.82, 2.24) is 19.9 Å². The molecule has 0 radical (unpaired) electrons. The Labute approximate surface area is 194 Å². The van der Waals surface area contributed by atoms with Crippen molar-refractivity contribution in [2.75, 3.05) is 18.0 Å². The highest BCUT2D eigenvalue weighted by Gasteiger charge is 2.31. The van der Waals surface area contributed by atoms with Crippen molar-refractivity contribution in [2.24, 2.45) is 16.5 Å². The van der Waals surface area contributed by atoms with Crippen LogP contribution >= 0.6 is 23.4 Å². The second kappa shape index (κ2) is 8.35. The van der Waals surface area contributed by atoms with E-state index in [9.17, 15) is 0 Å². The highest BCUT2D eigenvalue weighted by Crippen LogP contribution is 2.38. The zero-order valence-electron chi connectivity index (χ0n) is 17.3. The fraction of sp³-hybridized carbons (Fsp3) is 0.227. The van der Waals surface area contributed by atoms with Gasteiger partial charge in [0.15, 0.2) is 11.1 Å². The number of H-pyrrole nitrogens is 1. The number of aryl methyl sites for hydroxylation is 1. The maximum atomic E-state index is 6.67. The molecule has 1 aliphatic carbocycles. The SMILES string of the molecule is CCc1[nH]c2nc(Sc3cnc4c(c3)C=C=CC=C4)nc(N3CC(N=C(N)N)C3)c2c1Cl. The summed E-state index contributed by atoms with van der Waals surface area (Å²) in [4.78, 5) is 24.8. The van der Waals surface area contributed by atoms with Crippen LogP contribution in [0, 0.1) is 0 Å². The van der Waals surface area contributed by atoms with Crippen molar-refractivity contribution in [3.63, 3.8) is 0 Å². The van der Waals surface area contributed by atoms with Crippen LogP contribution in [0.1, 0.15) is 23.9 Å². The molecule has 32 heavy (non-hydrogen) atoms. The smallest absolute Gasteiger partial charge is 0.196 e. The lowest BCUT2D eigenvalue weighted by molar-refractivity contribution is 0.516. The monoisotopic (exact) mass is 464 g/mol. The number of nitrogens with two attached hydrogens (primary N) is 2. The molecule has 1 saturated heterocycles. The highest BCUT2D eigenvalue weighted by atomic mass is 35.5. The van der Waals surface area contributed by atoms with Crippen LogP contribution in [0.4, 0.5) is 5.82 Å². The molecule has 1 fully saturated rings. The number of nitrogens with zero attached hydrogens (tertiary/aromatic N) is 5. The van der Waals surface area contributed by atoms with Gasteiger partial charge in [0.2, 0.25) is 0 Å². The lowest BCUT2D eigenvalue weighted by Crippen LogP contribution is -2.51. The van der Waals surface area contributed by atoms with Crippen LogP contribution in [0.25, 0.3) is 23.2 Å². The minimum Gasteiger partial charge on any atom is -0.370 e. The standard InChI is InChI=1S/C22H21ClN8S/c1-2-15-18(23)17-19(28-15)29-22(30-20(17)31-10-13(11-31)27-21(24)25)32-14-8-12-6-4-3-5-7-16(12)26-9-14/h3,5-9,13H,2,10-11H2,1H3,(H4,24,25,27)(H,28,29,30). The van der Waals surface area contributed by atoms with E-state index in [0.29, 0.717) is 23.3 Å². The molecule has 5 rings (SSSR count). The molecule has 1 aliphatic heterocycles. The van der Waals surface area contributed by atoms with Crippen LogP contribution in [0.2, 0.25) is 5.02 Å². The summed E-state index contributed by atoms with van der Waals surface area (Å²) in [5, 5.41) is 2.10. The number of rotatable bonds is 5. The van der Waals surface area contributed by atoms with Gasteiger partial charge >= 0.3 is 0 Å². The van der Waals surface area contributed by atoms with Crippen molar-refractivity contribution in [1.29, 1.82) is 0 Å². The molecular formula is C22H21ClN8S. The Morgan fingerprint density at radius 2 is 2.22 bits per heavy atom. The van der Waals surface area contributed by atoms with E-state index < -0.39 is 0 Å². The van der Waals surface area contributed by atoms with E-state index in [1.807, 2.05) is 30.5 Å². The average molecular weight is 465 g/mol. The molecule has 0 amide bonds. The molecule has 2 aliphatic rings. The van der Waals surface area contributed by atoms with Gasteiger partial charge in [-0.05, 0) is 42.5 Å². The van der Waals surface area contributed by atoms with Gasteiger partial charge in [-0.1, -0.05) is 24.6 Å². The van der Waals surface area contributed by atoms with E-state index in [-0.39, 0.29) is 12.0 Å². The first-order valence-electron chi connectivity index (χ1n) is 10.2. The first-order chi connectivity index (χ1) is 15.5. The molecule has 0 spiro atoms. The number of aromatic nitrogens is 4. The Bertz CT molecular complexity index is 1330. The van der Waals surface area contributed by atoms with Crippen LogP contribution in [-0.2, 0) is 6.42 Å². The van der Waals surface area contributed by atoms with E-state index in [4.69, 9.17) is 33.0 Å². The topological polar surface area (TPSA) is 122 Å². The molecule has 8 nitrogen and oxygen atoms in total. The fourth-order valence-electron chi connectivity index (χ4n) is 3.73. The van der Waals surface area contributed by atoms with Gasteiger partial charge in [-0.15, -0.1) is 5.73 Å². The molecule has 162 valence electrons. The summed E-state index contributed by atoms with van der Waals surface area (Å²) in [5.74, 6) is 0.884. The minimum atomic E-state index is 0.0474. The number of pyridine rings is 1. The number of hydrogen-bond donors (Lipinski definition) is 3. The molecule has 0 bridgehead atoms. The molecule has 0 unspecified atom stereocenters. The Balaban J connectivity index is 1.52. The molecule has 0 atom stereocenters. The second-order valence-electron chi connectivity index (χ2n) is 7.52. The molecule has 10 heteroatoms. The minimum absolute atomic E-state index is 0.0474. The van der Waals surface area contributed by atoms with E-state index in [1.165, 1.54) is 11.8 Å². The van der Waals surface area contributed by atoms with E-state index >= 15 is 0 Å². The van der Waals surface area contributed by atoms with Crippen LogP contribution in [0.15, 0.2) is 45.2 Å². The van der Waals surface area contributed by atoms with E-state index in [1.54, 1.807) is 0 Å². The van der Waals surface area contributed by atoms with Gasteiger partial charge in [-0.2, -0.15) is 0 Å². The second-order valence-corrected chi connectivity index (χ2v) is 8.94. The third kappa shape index (κ3) is 3.86. The summed E-state index contributed by atoms with van der Waals surface area (Å²) in [6.07, 6.45) is 10.3. The predicted octanol–water partition coefficient (Wildman–Crippen LogP) is 3.38. The zero-order valence-corrected chi connectivity index (χ0v) is 18.9. The highest BCUT2D eigenvalue weighted by molar-refractivity contribution is 7.99. The molecule has 0 aromatic carbocycles. The van der Waals surface area contributed by atoms with Crippen molar-refractivity contribution < 1.29 is 0 Å². The molecule has 3 aromatic heterocycles. The van der Waals surface area contributed by atoms with Crippen LogP contribution in [-0.4, -0.2) is 45.0 Å². The first-order valence-corrected chi connectivity index (χ1v) is 11.4. The van der Waals surface area contributed by atoms with Gasteiger partial charge in [0.25, 0.3) is 0 Å². The van der Waals surface area contributed by atoms with Gasteiger partial charge in [0, 0.05) is 35.4 Å². The fourth-order valence-corrected chi connectivity index (χ4v) is 4.86. The molecule has 4 heterocycles. The third-order valence-electron chi connectivity index (χ3n) is 5.29. The quantitative estimate of drug-likeness (QED) is 0.229. The largest absolute Gasteiger partial charge is 0.370 e. The van der Waals surface area contributed by atoms with Crippen LogP contribution in [0.5, 0.6) is 0 Å². The normalized spacial score (nSPS) is 15.0. The summed E-state index contributed by atoms with van der Waals surface area (Å²) in [6, 6.07) is 2.11. The number of allylic oxidation sites excluding steroid dienone is 2. The van der Waals surface area contributed by atoms with E-state index in [0.717, 1.165) is 45.1 Å². The lowest BCUT2D eigenvalue weighted by Gasteiger charge is -2.38. The van der Waals surface area contributed by atoms with Crippen molar-refractivity contribution in [2.45, 2.75) is 29.4 Å². The molecule has 3 aromatic rings. The summed E-state index contributed by atoms with van der Waals surface area (Å²) in [5.41, 5.74) is 17.7. The number of halogens is 1. The van der Waals surface area contributed by atoms with Gasteiger partial charge in [0.1, 0.15) is 11.5 Å². The van der Waals surface area contributed by atoms with Crippen molar-refractivity contribution in [3.05, 3.63) is 52.1 Å². The lowest BCUT2D eigenvalue weighted by atomic mass is 10.1. The summed E-state index contributed by atoms with van der Waals surface area (Å²) in [7, 11) is 0. The Kier molecular flexibility index (Phi) is 5.38. The number of nitrogens with one attached hydrogen (secondary N) is 1.